The summed E-state index contributed by atoms with van der Waals surface area (Å²) in [5.74, 6) is 1.65. The smallest absolute Gasteiger partial charge is 0.416 e. The highest BCUT2D eigenvalue weighted by Gasteiger charge is 2.30. The number of hydrogen-bond acceptors (Lipinski definition) is 5. The van der Waals surface area contributed by atoms with E-state index in [2.05, 4.69) is 20.3 Å². The Kier molecular flexibility index (Phi) is 5.54. The van der Waals surface area contributed by atoms with Gasteiger partial charge in [-0.2, -0.15) is 13.2 Å². The number of halogens is 3. The molecule has 0 fully saturated rings. The summed E-state index contributed by atoms with van der Waals surface area (Å²) in [7, 11) is 1.55. The minimum Gasteiger partial charge on any atom is -0.495 e. The number of benzene rings is 1. The van der Waals surface area contributed by atoms with Crippen molar-refractivity contribution in [3.63, 3.8) is 0 Å². The summed E-state index contributed by atoms with van der Waals surface area (Å²) in [6.45, 7) is 0.439. The second-order valence-corrected chi connectivity index (χ2v) is 5.75. The number of alkyl halides is 3. The van der Waals surface area contributed by atoms with E-state index in [1.54, 1.807) is 43.9 Å². The third-order valence-corrected chi connectivity index (χ3v) is 3.84. The number of methoxy groups -OCH3 is 1. The molecule has 27 heavy (non-hydrogen) atoms. The molecule has 0 unspecified atom stereocenters. The SMILES string of the molecule is COc1cncc(-c2nccc(NCCc3cccc(C(F)(F)F)c3)n2)c1. The van der Waals surface area contributed by atoms with Crippen LogP contribution in [-0.2, 0) is 12.6 Å². The summed E-state index contributed by atoms with van der Waals surface area (Å²) in [6.07, 6.45) is 0.916. The molecule has 0 atom stereocenters. The number of hydrogen-bond donors (Lipinski definition) is 1. The summed E-state index contributed by atoms with van der Waals surface area (Å²) >= 11 is 0. The zero-order chi connectivity index (χ0) is 19.3. The molecule has 1 N–H and O–H groups in total. The number of nitrogens with one attached hydrogen (secondary N) is 1. The van der Waals surface area contributed by atoms with Crippen molar-refractivity contribution in [2.75, 3.05) is 19.0 Å². The van der Waals surface area contributed by atoms with Gasteiger partial charge in [0.25, 0.3) is 0 Å². The first-order chi connectivity index (χ1) is 13.0. The zero-order valence-electron chi connectivity index (χ0n) is 14.5. The van der Waals surface area contributed by atoms with Gasteiger partial charge in [0, 0.05) is 24.5 Å². The summed E-state index contributed by atoms with van der Waals surface area (Å²) in [5.41, 5.74) is 0.661. The fourth-order valence-electron chi connectivity index (χ4n) is 2.49. The summed E-state index contributed by atoms with van der Waals surface area (Å²) in [6, 6.07) is 8.78. The average molecular weight is 374 g/mol. The predicted octanol–water partition coefficient (Wildman–Crippen LogP) is 4.22. The van der Waals surface area contributed by atoms with Gasteiger partial charge in [0.15, 0.2) is 5.82 Å². The lowest BCUT2D eigenvalue weighted by atomic mass is 10.1. The normalized spacial score (nSPS) is 11.3. The van der Waals surface area contributed by atoms with Gasteiger partial charge in [-0.25, -0.2) is 9.97 Å². The molecule has 8 heteroatoms. The quantitative estimate of drug-likeness (QED) is 0.700. The molecule has 2 heterocycles. The lowest BCUT2D eigenvalue weighted by molar-refractivity contribution is -0.137. The molecular weight excluding hydrogens is 357 g/mol. The van der Waals surface area contributed by atoms with Crippen LogP contribution in [-0.4, -0.2) is 28.6 Å². The number of rotatable bonds is 6. The molecule has 1 aromatic carbocycles. The van der Waals surface area contributed by atoms with Gasteiger partial charge >= 0.3 is 6.18 Å². The van der Waals surface area contributed by atoms with Gasteiger partial charge in [-0.15, -0.1) is 0 Å². The highest BCUT2D eigenvalue weighted by molar-refractivity contribution is 5.57. The van der Waals surface area contributed by atoms with Crippen LogP contribution in [0.15, 0.2) is 55.0 Å². The predicted molar refractivity (Wildman–Crippen MR) is 95.5 cm³/mol. The van der Waals surface area contributed by atoms with Crippen LogP contribution in [0.2, 0.25) is 0 Å². The number of pyridine rings is 1. The van der Waals surface area contributed by atoms with Gasteiger partial charge in [-0.1, -0.05) is 18.2 Å². The molecule has 0 aliphatic rings. The first kappa shape index (κ1) is 18.6. The molecule has 140 valence electrons. The summed E-state index contributed by atoms with van der Waals surface area (Å²) < 4.78 is 43.4. The third-order valence-electron chi connectivity index (χ3n) is 3.84. The number of anilines is 1. The van der Waals surface area contributed by atoms with E-state index in [1.807, 2.05) is 0 Å². The van der Waals surface area contributed by atoms with Crippen molar-refractivity contribution in [2.24, 2.45) is 0 Å². The van der Waals surface area contributed by atoms with E-state index in [0.717, 1.165) is 12.1 Å². The van der Waals surface area contributed by atoms with Crippen LogP contribution >= 0.6 is 0 Å². The first-order valence-electron chi connectivity index (χ1n) is 8.18. The average Bonchev–Trinajstić information content (AvgIpc) is 2.68. The Morgan fingerprint density at radius 3 is 2.74 bits per heavy atom. The van der Waals surface area contributed by atoms with E-state index in [1.165, 1.54) is 6.07 Å². The van der Waals surface area contributed by atoms with Gasteiger partial charge in [0.05, 0.1) is 18.9 Å². The van der Waals surface area contributed by atoms with Gasteiger partial charge in [0.1, 0.15) is 11.6 Å². The zero-order valence-corrected chi connectivity index (χ0v) is 14.5. The minimum absolute atomic E-state index is 0.434. The van der Waals surface area contributed by atoms with E-state index >= 15 is 0 Å². The topological polar surface area (TPSA) is 59.9 Å². The molecule has 3 aromatic rings. The van der Waals surface area contributed by atoms with Crippen LogP contribution in [0, 0.1) is 0 Å². The van der Waals surface area contributed by atoms with Crippen molar-refractivity contribution in [3.05, 3.63) is 66.1 Å². The van der Waals surface area contributed by atoms with Crippen LogP contribution in [0.25, 0.3) is 11.4 Å². The molecule has 0 saturated heterocycles. The molecule has 3 rings (SSSR count). The Hall–Kier alpha value is -3.16. The molecule has 0 aliphatic heterocycles. The van der Waals surface area contributed by atoms with Crippen molar-refractivity contribution < 1.29 is 17.9 Å². The minimum atomic E-state index is -4.34. The van der Waals surface area contributed by atoms with Crippen LogP contribution in [0.5, 0.6) is 5.75 Å². The van der Waals surface area contributed by atoms with E-state index in [4.69, 9.17) is 4.74 Å². The molecule has 0 saturated carbocycles. The molecule has 0 aliphatic carbocycles. The highest BCUT2D eigenvalue weighted by atomic mass is 19.4. The maximum Gasteiger partial charge on any atom is 0.416 e. The summed E-state index contributed by atoms with van der Waals surface area (Å²) in [4.78, 5) is 12.7. The Morgan fingerprint density at radius 1 is 1.11 bits per heavy atom. The largest absolute Gasteiger partial charge is 0.495 e. The second-order valence-electron chi connectivity index (χ2n) is 5.75. The highest BCUT2D eigenvalue weighted by Crippen LogP contribution is 2.29. The van der Waals surface area contributed by atoms with Crippen LogP contribution in [0.1, 0.15) is 11.1 Å². The molecule has 2 aromatic heterocycles. The van der Waals surface area contributed by atoms with Crippen LogP contribution < -0.4 is 10.1 Å². The van der Waals surface area contributed by atoms with Gasteiger partial charge < -0.3 is 10.1 Å². The Morgan fingerprint density at radius 2 is 1.96 bits per heavy atom. The number of ether oxygens (including phenoxy) is 1. The Labute approximate surface area is 154 Å². The number of aromatic nitrogens is 3. The van der Waals surface area contributed by atoms with Gasteiger partial charge in [0.2, 0.25) is 0 Å². The second kappa shape index (κ2) is 8.03. The fraction of sp³-hybridized carbons (Fsp3) is 0.211. The summed E-state index contributed by atoms with van der Waals surface area (Å²) in [5, 5.41) is 3.11. The first-order valence-corrected chi connectivity index (χ1v) is 8.18. The Bertz CT molecular complexity index is 915. The van der Waals surface area contributed by atoms with Gasteiger partial charge in [-0.3, -0.25) is 4.98 Å². The Balaban J connectivity index is 1.65. The van der Waals surface area contributed by atoms with E-state index < -0.39 is 11.7 Å². The van der Waals surface area contributed by atoms with E-state index in [0.29, 0.717) is 41.5 Å². The third kappa shape index (κ3) is 4.93. The number of nitrogens with zero attached hydrogens (tertiary/aromatic N) is 3. The van der Waals surface area contributed by atoms with Crippen molar-refractivity contribution in [1.82, 2.24) is 15.0 Å². The van der Waals surface area contributed by atoms with Crippen molar-refractivity contribution in [1.29, 1.82) is 0 Å². The molecule has 0 spiro atoms. The van der Waals surface area contributed by atoms with Crippen LogP contribution in [0.4, 0.5) is 19.0 Å². The lowest BCUT2D eigenvalue weighted by Crippen LogP contribution is -2.09. The van der Waals surface area contributed by atoms with Crippen molar-refractivity contribution in [3.8, 4) is 17.1 Å². The lowest BCUT2D eigenvalue weighted by Gasteiger charge is -2.10. The molecular formula is C19H17F3N4O. The van der Waals surface area contributed by atoms with Crippen molar-refractivity contribution >= 4 is 5.82 Å². The van der Waals surface area contributed by atoms with Gasteiger partial charge in [-0.05, 0) is 30.2 Å². The standard InChI is InChI=1S/C19H17F3N4O/c1-27-16-10-14(11-23-12-16)18-25-8-6-17(26-18)24-7-5-13-3-2-4-15(9-13)19(20,21)22/h2-4,6,8-12H,5,7H2,1H3,(H,24,25,26). The molecule has 5 nitrogen and oxygen atoms in total. The van der Waals surface area contributed by atoms with E-state index in [-0.39, 0.29) is 0 Å². The molecule has 0 radical (unpaired) electrons. The van der Waals surface area contributed by atoms with Crippen LogP contribution in [0.3, 0.4) is 0 Å². The molecule has 0 amide bonds. The fourth-order valence-corrected chi connectivity index (χ4v) is 2.49. The van der Waals surface area contributed by atoms with Crippen molar-refractivity contribution in [2.45, 2.75) is 12.6 Å². The van der Waals surface area contributed by atoms with E-state index in [9.17, 15) is 13.2 Å². The monoisotopic (exact) mass is 374 g/mol. The maximum absolute atomic E-state index is 12.8. The molecule has 0 bridgehead atoms. The maximum atomic E-state index is 12.8.